The normalized spacial score (nSPS) is 22.6. The minimum Gasteiger partial charge on any atom is -0.347 e. The van der Waals surface area contributed by atoms with Gasteiger partial charge in [-0.15, -0.1) is 0 Å². The van der Waals surface area contributed by atoms with E-state index in [1.807, 2.05) is 27.7 Å². The van der Waals surface area contributed by atoms with Gasteiger partial charge in [0.2, 0.25) is 17.6 Å². The van der Waals surface area contributed by atoms with Gasteiger partial charge >= 0.3 is 6.03 Å². The van der Waals surface area contributed by atoms with Crippen molar-refractivity contribution in [1.82, 2.24) is 26.2 Å². The molecular formula is C25H41N5O5. The zero-order valence-corrected chi connectivity index (χ0v) is 21.5. The van der Waals surface area contributed by atoms with Crippen LogP contribution in [-0.4, -0.2) is 71.2 Å². The number of rotatable bonds is 8. The minimum absolute atomic E-state index is 0.0600. The molecule has 2 aliphatic carbocycles. The first-order chi connectivity index (χ1) is 16.4. The maximum atomic E-state index is 13.6. The Bertz CT molecular complexity index is 842. The summed E-state index contributed by atoms with van der Waals surface area (Å²) in [4.78, 5) is 64.6. The molecular weight excluding hydrogens is 450 g/mol. The third kappa shape index (κ3) is 7.41. The molecule has 3 rings (SSSR count). The van der Waals surface area contributed by atoms with Crippen molar-refractivity contribution in [2.45, 2.75) is 109 Å². The number of carbonyl (C=O) groups excluding carboxylic acids is 5. The topological polar surface area (TPSA) is 137 Å². The SMILES string of the molecule is CC1(NC(=O)N[C@H](C(=O)N2CCC[C@H]2C(=O)NCC(=O)C(=O)NC2CC2)C(C)(C)C)CCCCC1. The van der Waals surface area contributed by atoms with Gasteiger partial charge in [0.05, 0.1) is 6.54 Å². The van der Waals surface area contributed by atoms with Gasteiger partial charge in [-0.1, -0.05) is 40.0 Å². The van der Waals surface area contributed by atoms with E-state index in [1.54, 1.807) is 0 Å². The van der Waals surface area contributed by atoms with Crippen LogP contribution in [0.25, 0.3) is 0 Å². The minimum atomic E-state index is -0.825. The lowest BCUT2D eigenvalue weighted by Crippen LogP contribution is -2.61. The highest BCUT2D eigenvalue weighted by atomic mass is 16.2. The summed E-state index contributed by atoms with van der Waals surface area (Å²) in [5.74, 6) is -2.18. The molecule has 10 heteroatoms. The first-order valence-corrected chi connectivity index (χ1v) is 12.9. The van der Waals surface area contributed by atoms with Crippen molar-refractivity contribution >= 4 is 29.5 Å². The molecule has 3 fully saturated rings. The fourth-order valence-electron chi connectivity index (χ4n) is 4.87. The van der Waals surface area contributed by atoms with Crippen molar-refractivity contribution in [2.75, 3.05) is 13.1 Å². The molecule has 0 bridgehead atoms. The lowest BCUT2D eigenvalue weighted by atomic mass is 9.83. The van der Waals surface area contributed by atoms with Gasteiger partial charge in [-0.05, 0) is 50.9 Å². The zero-order chi connectivity index (χ0) is 25.8. The maximum Gasteiger partial charge on any atom is 0.315 e. The van der Waals surface area contributed by atoms with Crippen molar-refractivity contribution in [3.05, 3.63) is 0 Å². The highest BCUT2D eigenvalue weighted by Gasteiger charge is 2.42. The molecule has 3 aliphatic rings. The number of Topliss-reactive ketones (excluding diaryl/α,β-unsaturated/α-hetero) is 1. The molecule has 0 aromatic heterocycles. The zero-order valence-electron chi connectivity index (χ0n) is 21.5. The summed E-state index contributed by atoms with van der Waals surface area (Å²) in [5, 5.41) is 11.1. The van der Waals surface area contributed by atoms with E-state index in [0.29, 0.717) is 19.4 Å². The van der Waals surface area contributed by atoms with Crippen LogP contribution in [0.1, 0.15) is 85.5 Å². The summed E-state index contributed by atoms with van der Waals surface area (Å²) < 4.78 is 0. The second-order valence-electron chi connectivity index (χ2n) is 11.6. The summed E-state index contributed by atoms with van der Waals surface area (Å²) in [6.07, 6.45) is 7.93. The monoisotopic (exact) mass is 491 g/mol. The number of nitrogens with zero attached hydrogens (tertiary/aromatic N) is 1. The third-order valence-corrected chi connectivity index (χ3v) is 7.19. The molecule has 5 amide bonds. The molecule has 196 valence electrons. The van der Waals surface area contributed by atoms with Crippen LogP contribution >= 0.6 is 0 Å². The van der Waals surface area contributed by atoms with Gasteiger partial charge in [0.1, 0.15) is 12.1 Å². The highest BCUT2D eigenvalue weighted by molar-refractivity contribution is 6.37. The van der Waals surface area contributed by atoms with Gasteiger partial charge in [-0.3, -0.25) is 19.2 Å². The Balaban J connectivity index is 1.59. The van der Waals surface area contributed by atoms with E-state index in [2.05, 4.69) is 21.3 Å². The lowest BCUT2D eigenvalue weighted by Gasteiger charge is -2.38. The highest BCUT2D eigenvalue weighted by Crippen LogP contribution is 2.29. The summed E-state index contributed by atoms with van der Waals surface area (Å²) in [6.45, 7) is 7.65. The maximum absolute atomic E-state index is 13.6. The van der Waals surface area contributed by atoms with E-state index in [0.717, 1.165) is 44.9 Å². The number of hydrogen-bond donors (Lipinski definition) is 4. The molecule has 1 aliphatic heterocycles. The summed E-state index contributed by atoms with van der Waals surface area (Å²) in [6, 6.07) is -1.89. The molecule has 0 aromatic carbocycles. The van der Waals surface area contributed by atoms with Crippen LogP contribution < -0.4 is 21.3 Å². The van der Waals surface area contributed by atoms with Gasteiger partial charge in [-0.2, -0.15) is 0 Å². The van der Waals surface area contributed by atoms with Crippen molar-refractivity contribution in [1.29, 1.82) is 0 Å². The predicted octanol–water partition coefficient (Wildman–Crippen LogP) is 1.38. The van der Waals surface area contributed by atoms with Crippen molar-refractivity contribution < 1.29 is 24.0 Å². The number of likely N-dealkylation sites (tertiary alicyclic amines) is 1. The van der Waals surface area contributed by atoms with E-state index in [-0.39, 0.29) is 23.5 Å². The second kappa shape index (κ2) is 11.0. The van der Waals surface area contributed by atoms with Crippen LogP contribution in [0.4, 0.5) is 4.79 Å². The van der Waals surface area contributed by atoms with Crippen LogP contribution in [0.3, 0.4) is 0 Å². The Labute approximate surface area is 207 Å². The smallest absolute Gasteiger partial charge is 0.315 e. The second-order valence-corrected chi connectivity index (χ2v) is 11.6. The quantitative estimate of drug-likeness (QED) is 0.380. The van der Waals surface area contributed by atoms with Gasteiger partial charge in [0.15, 0.2) is 0 Å². The van der Waals surface area contributed by atoms with Crippen molar-refractivity contribution in [3.63, 3.8) is 0 Å². The Morgan fingerprint density at radius 3 is 2.23 bits per heavy atom. The van der Waals surface area contributed by atoms with Gasteiger partial charge < -0.3 is 26.2 Å². The van der Waals surface area contributed by atoms with Crippen molar-refractivity contribution in [2.24, 2.45) is 5.41 Å². The number of hydrogen-bond acceptors (Lipinski definition) is 5. The van der Waals surface area contributed by atoms with Crippen LogP contribution in [-0.2, 0) is 19.2 Å². The molecule has 0 radical (unpaired) electrons. The lowest BCUT2D eigenvalue weighted by molar-refractivity contribution is -0.142. The standard InChI is InChI=1S/C25H41N5O5/c1-24(2,3)19(28-23(35)29-25(4)12-6-5-7-13-25)22(34)30-14-8-9-17(30)20(32)26-15-18(31)21(33)27-16-10-11-16/h16-17,19H,5-15H2,1-4H3,(H,26,32)(H,27,33)(H2,28,29,35)/t17-,19+/m0/s1. The molecule has 10 nitrogen and oxygen atoms in total. The van der Waals surface area contributed by atoms with E-state index >= 15 is 0 Å². The fraction of sp³-hybridized carbons (Fsp3) is 0.800. The van der Waals surface area contributed by atoms with Gasteiger partial charge in [-0.25, -0.2) is 4.79 Å². The van der Waals surface area contributed by atoms with Gasteiger partial charge in [0, 0.05) is 18.1 Å². The Morgan fingerprint density at radius 1 is 0.971 bits per heavy atom. The first-order valence-electron chi connectivity index (χ1n) is 12.9. The number of urea groups is 1. The average molecular weight is 492 g/mol. The van der Waals surface area contributed by atoms with E-state index in [1.165, 1.54) is 4.90 Å². The fourth-order valence-corrected chi connectivity index (χ4v) is 4.87. The molecule has 0 unspecified atom stereocenters. The molecule has 4 N–H and O–H groups in total. The van der Waals surface area contributed by atoms with E-state index in [4.69, 9.17) is 0 Å². The largest absolute Gasteiger partial charge is 0.347 e. The molecule has 1 heterocycles. The van der Waals surface area contributed by atoms with Crippen LogP contribution in [0.5, 0.6) is 0 Å². The van der Waals surface area contributed by atoms with E-state index in [9.17, 15) is 24.0 Å². The van der Waals surface area contributed by atoms with Gasteiger partial charge in [0.25, 0.3) is 5.91 Å². The molecule has 0 spiro atoms. The molecule has 2 saturated carbocycles. The summed E-state index contributed by atoms with van der Waals surface area (Å²) >= 11 is 0. The molecule has 1 saturated heterocycles. The van der Waals surface area contributed by atoms with Crippen molar-refractivity contribution in [3.8, 4) is 0 Å². The number of ketones is 1. The summed E-state index contributed by atoms with van der Waals surface area (Å²) in [5.41, 5.74) is -0.870. The Morgan fingerprint density at radius 2 is 1.63 bits per heavy atom. The van der Waals surface area contributed by atoms with E-state index < -0.39 is 41.6 Å². The number of nitrogens with one attached hydrogen (secondary N) is 4. The number of amides is 5. The van der Waals surface area contributed by atoms with Crippen LogP contribution in [0, 0.1) is 5.41 Å². The summed E-state index contributed by atoms with van der Waals surface area (Å²) in [7, 11) is 0. The number of carbonyl (C=O) groups is 5. The molecule has 35 heavy (non-hydrogen) atoms. The first kappa shape index (κ1) is 26.9. The average Bonchev–Trinajstić information content (AvgIpc) is 3.45. The predicted molar refractivity (Wildman–Crippen MR) is 130 cm³/mol. The Kier molecular flexibility index (Phi) is 8.43. The molecule has 2 atom stereocenters. The van der Waals surface area contributed by atoms with Crippen LogP contribution in [0.15, 0.2) is 0 Å². The molecule has 0 aromatic rings. The van der Waals surface area contributed by atoms with Crippen LogP contribution in [0.2, 0.25) is 0 Å². The Hall–Kier alpha value is -2.65. The third-order valence-electron chi connectivity index (χ3n) is 7.19.